The maximum atomic E-state index is 11.4. The SMILES string of the molecule is CCCc1cccc(C(Br)CCOCC(C)(C)CSCC(=O)OCC)c1. The number of halogens is 1. The van der Waals surface area contributed by atoms with Gasteiger partial charge in [0.1, 0.15) is 0 Å². The summed E-state index contributed by atoms with van der Waals surface area (Å²) < 4.78 is 10.9. The Hall–Kier alpha value is -0.520. The fourth-order valence-electron chi connectivity index (χ4n) is 2.59. The molecule has 26 heavy (non-hydrogen) atoms. The maximum Gasteiger partial charge on any atom is 0.315 e. The predicted molar refractivity (Wildman–Crippen MR) is 115 cm³/mol. The highest BCUT2D eigenvalue weighted by atomic mass is 79.9. The van der Waals surface area contributed by atoms with Gasteiger partial charge in [0, 0.05) is 17.2 Å². The molecule has 0 saturated carbocycles. The van der Waals surface area contributed by atoms with E-state index in [1.165, 1.54) is 17.5 Å². The van der Waals surface area contributed by atoms with Gasteiger partial charge in [-0.3, -0.25) is 4.79 Å². The smallest absolute Gasteiger partial charge is 0.315 e. The number of alkyl halides is 1. The van der Waals surface area contributed by atoms with Gasteiger partial charge < -0.3 is 9.47 Å². The molecule has 0 radical (unpaired) electrons. The number of thioether (sulfide) groups is 1. The number of rotatable bonds is 13. The van der Waals surface area contributed by atoms with Crippen molar-refractivity contribution in [1.82, 2.24) is 0 Å². The van der Waals surface area contributed by atoms with E-state index in [0.29, 0.717) is 23.8 Å². The van der Waals surface area contributed by atoms with E-state index in [1.54, 1.807) is 11.8 Å². The van der Waals surface area contributed by atoms with Crippen molar-refractivity contribution in [2.45, 2.75) is 51.8 Å². The summed E-state index contributed by atoms with van der Waals surface area (Å²) in [5.41, 5.74) is 2.76. The third kappa shape index (κ3) is 9.98. The van der Waals surface area contributed by atoms with Crippen LogP contribution in [0.15, 0.2) is 24.3 Å². The first-order chi connectivity index (χ1) is 12.4. The average Bonchev–Trinajstić information content (AvgIpc) is 2.59. The molecular weight excluding hydrogens is 412 g/mol. The summed E-state index contributed by atoms with van der Waals surface area (Å²) in [6, 6.07) is 8.80. The molecule has 3 nitrogen and oxygen atoms in total. The van der Waals surface area contributed by atoms with Crippen LogP contribution >= 0.6 is 27.7 Å². The Labute approximate surface area is 171 Å². The molecule has 1 aromatic carbocycles. The number of esters is 1. The second-order valence-electron chi connectivity index (χ2n) is 7.27. The number of hydrogen-bond acceptors (Lipinski definition) is 4. The van der Waals surface area contributed by atoms with Gasteiger partial charge in [-0.1, -0.05) is 67.4 Å². The van der Waals surface area contributed by atoms with Gasteiger partial charge >= 0.3 is 5.97 Å². The molecule has 1 rings (SSSR count). The van der Waals surface area contributed by atoms with Crippen LogP contribution in [0.4, 0.5) is 0 Å². The number of benzene rings is 1. The Bertz CT molecular complexity index is 534. The van der Waals surface area contributed by atoms with E-state index in [0.717, 1.165) is 25.2 Å². The molecule has 148 valence electrons. The molecule has 1 aromatic rings. The van der Waals surface area contributed by atoms with Crippen molar-refractivity contribution in [1.29, 1.82) is 0 Å². The van der Waals surface area contributed by atoms with E-state index in [2.05, 4.69) is 61.0 Å². The first kappa shape index (κ1) is 23.5. The molecule has 0 spiro atoms. The quantitative estimate of drug-likeness (QED) is 0.218. The lowest BCUT2D eigenvalue weighted by Crippen LogP contribution is -2.23. The molecule has 1 atom stereocenters. The van der Waals surface area contributed by atoms with Crippen molar-refractivity contribution in [2.75, 3.05) is 31.3 Å². The lowest BCUT2D eigenvalue weighted by molar-refractivity contribution is -0.139. The lowest BCUT2D eigenvalue weighted by Gasteiger charge is -2.24. The first-order valence-electron chi connectivity index (χ1n) is 9.42. The zero-order valence-electron chi connectivity index (χ0n) is 16.6. The molecule has 0 saturated heterocycles. The van der Waals surface area contributed by atoms with Crippen molar-refractivity contribution in [2.24, 2.45) is 5.41 Å². The summed E-state index contributed by atoms with van der Waals surface area (Å²) >= 11 is 5.40. The second kappa shape index (κ2) is 12.8. The highest BCUT2D eigenvalue weighted by Gasteiger charge is 2.19. The number of ether oxygens (including phenoxy) is 2. The largest absolute Gasteiger partial charge is 0.465 e. The summed E-state index contributed by atoms with van der Waals surface area (Å²) in [4.78, 5) is 11.7. The summed E-state index contributed by atoms with van der Waals surface area (Å²) in [6.45, 7) is 10.2. The van der Waals surface area contributed by atoms with Crippen LogP contribution in [-0.2, 0) is 20.7 Å². The van der Waals surface area contributed by atoms with Gasteiger partial charge in [0.2, 0.25) is 0 Å². The van der Waals surface area contributed by atoms with Crippen molar-refractivity contribution < 1.29 is 14.3 Å². The van der Waals surface area contributed by atoms with Crippen molar-refractivity contribution in [3.8, 4) is 0 Å². The summed E-state index contributed by atoms with van der Waals surface area (Å²) in [6.07, 6.45) is 3.24. The molecule has 0 aliphatic rings. The average molecular weight is 445 g/mol. The predicted octanol–water partition coefficient (Wildman–Crippen LogP) is 5.80. The summed E-state index contributed by atoms with van der Waals surface area (Å²) in [7, 11) is 0. The molecular formula is C21H33BrO3S. The van der Waals surface area contributed by atoms with Crippen molar-refractivity contribution in [3.05, 3.63) is 35.4 Å². The monoisotopic (exact) mass is 444 g/mol. The van der Waals surface area contributed by atoms with Crippen LogP contribution in [0.2, 0.25) is 0 Å². The van der Waals surface area contributed by atoms with Crippen LogP contribution in [0.1, 0.15) is 56.5 Å². The molecule has 0 heterocycles. The molecule has 0 N–H and O–H groups in total. The number of hydrogen-bond donors (Lipinski definition) is 0. The van der Waals surface area contributed by atoms with E-state index in [4.69, 9.17) is 9.47 Å². The molecule has 0 bridgehead atoms. The lowest BCUT2D eigenvalue weighted by atomic mass is 9.98. The van der Waals surface area contributed by atoms with Gasteiger partial charge in [-0.15, -0.1) is 11.8 Å². The summed E-state index contributed by atoms with van der Waals surface area (Å²) in [5, 5.41) is 0. The third-order valence-corrected chi connectivity index (χ3v) is 6.29. The van der Waals surface area contributed by atoms with E-state index < -0.39 is 0 Å². The molecule has 0 aliphatic heterocycles. The number of aryl methyl sites for hydroxylation is 1. The number of carbonyl (C=O) groups is 1. The molecule has 1 unspecified atom stereocenters. The van der Waals surface area contributed by atoms with E-state index in [-0.39, 0.29) is 11.4 Å². The fourth-order valence-corrected chi connectivity index (χ4v) is 4.05. The highest BCUT2D eigenvalue weighted by Crippen LogP contribution is 2.28. The van der Waals surface area contributed by atoms with Gasteiger partial charge in [0.25, 0.3) is 0 Å². The van der Waals surface area contributed by atoms with E-state index >= 15 is 0 Å². The minimum absolute atomic E-state index is 0.0417. The standard InChI is InChI=1S/C21H33BrO3S/c1-5-8-17-9-7-10-18(13-17)19(22)11-12-24-15-21(3,4)16-26-14-20(23)25-6-2/h7,9-10,13,19H,5-6,8,11-12,14-16H2,1-4H3. The Morgan fingerprint density at radius 1 is 1.31 bits per heavy atom. The van der Waals surface area contributed by atoms with E-state index in [1.807, 2.05) is 6.92 Å². The van der Waals surface area contributed by atoms with Crippen LogP contribution in [-0.4, -0.2) is 37.3 Å². The van der Waals surface area contributed by atoms with Crippen LogP contribution in [0.3, 0.4) is 0 Å². The van der Waals surface area contributed by atoms with Crippen LogP contribution in [0.25, 0.3) is 0 Å². The maximum absolute atomic E-state index is 11.4. The Kier molecular flexibility index (Phi) is 11.6. The second-order valence-corrected chi connectivity index (χ2v) is 9.36. The minimum atomic E-state index is -0.137. The normalized spacial score (nSPS) is 12.8. The van der Waals surface area contributed by atoms with Gasteiger partial charge in [0.05, 0.1) is 19.0 Å². The first-order valence-corrected chi connectivity index (χ1v) is 11.5. The van der Waals surface area contributed by atoms with Crippen LogP contribution in [0, 0.1) is 5.41 Å². The molecule has 0 aromatic heterocycles. The highest BCUT2D eigenvalue weighted by molar-refractivity contribution is 9.09. The fraction of sp³-hybridized carbons (Fsp3) is 0.667. The molecule has 0 aliphatic carbocycles. The zero-order chi connectivity index (χ0) is 19.4. The summed E-state index contributed by atoms with van der Waals surface area (Å²) in [5.74, 6) is 1.15. The van der Waals surface area contributed by atoms with Gasteiger partial charge in [0.15, 0.2) is 0 Å². The van der Waals surface area contributed by atoms with Crippen molar-refractivity contribution >= 4 is 33.7 Å². The minimum Gasteiger partial charge on any atom is -0.465 e. The van der Waals surface area contributed by atoms with Crippen LogP contribution in [0.5, 0.6) is 0 Å². The van der Waals surface area contributed by atoms with Gasteiger partial charge in [-0.05, 0) is 36.3 Å². The van der Waals surface area contributed by atoms with Crippen molar-refractivity contribution in [3.63, 3.8) is 0 Å². The number of carbonyl (C=O) groups excluding carboxylic acids is 1. The molecule has 5 heteroatoms. The van der Waals surface area contributed by atoms with E-state index in [9.17, 15) is 4.79 Å². The van der Waals surface area contributed by atoms with Gasteiger partial charge in [-0.2, -0.15) is 0 Å². The Morgan fingerprint density at radius 3 is 2.77 bits per heavy atom. The zero-order valence-corrected chi connectivity index (χ0v) is 19.0. The Balaban J connectivity index is 2.27. The molecule has 0 amide bonds. The topological polar surface area (TPSA) is 35.5 Å². The Morgan fingerprint density at radius 2 is 2.08 bits per heavy atom. The van der Waals surface area contributed by atoms with Gasteiger partial charge in [-0.25, -0.2) is 0 Å². The van der Waals surface area contributed by atoms with Crippen LogP contribution < -0.4 is 0 Å². The third-order valence-electron chi connectivity index (χ3n) is 3.88. The molecule has 0 fully saturated rings.